The molecule has 0 aliphatic carbocycles. The molecule has 0 aromatic carbocycles. The molecule has 0 heterocycles. The molecule has 0 aliphatic rings. The quantitative estimate of drug-likeness (QED) is 0.397. The van der Waals surface area contributed by atoms with Gasteiger partial charge in [0, 0.05) is 6.54 Å². The largest absolute Gasteiger partial charge is 0.431 e. The molecule has 0 saturated heterocycles. The normalized spacial score (nSPS) is 9.00. The van der Waals surface area contributed by atoms with Crippen LogP contribution in [-0.4, -0.2) is 26.0 Å². The molecule has 0 atom stereocenters. The zero-order valence-corrected chi connectivity index (χ0v) is 5.52. The standard InChI is InChI=1S/C6H11BFN/c1-2-9(7)6-4-3-5-8/h2H,1,3-6H2. The van der Waals surface area contributed by atoms with Crippen LogP contribution < -0.4 is 0 Å². The third-order valence-electron chi connectivity index (χ3n) is 1.03. The minimum atomic E-state index is -0.259. The highest BCUT2D eigenvalue weighted by atomic mass is 19.1. The lowest BCUT2D eigenvalue weighted by Gasteiger charge is -2.11. The van der Waals surface area contributed by atoms with Gasteiger partial charge in [0.15, 0.2) is 0 Å². The van der Waals surface area contributed by atoms with E-state index in [4.69, 9.17) is 7.98 Å². The summed E-state index contributed by atoms with van der Waals surface area (Å²) in [6, 6.07) is 0. The highest BCUT2D eigenvalue weighted by Gasteiger charge is 1.88. The number of rotatable bonds is 5. The van der Waals surface area contributed by atoms with Gasteiger partial charge < -0.3 is 4.81 Å². The van der Waals surface area contributed by atoms with Crippen LogP contribution in [-0.2, 0) is 0 Å². The molecule has 0 rings (SSSR count). The second-order valence-electron chi connectivity index (χ2n) is 1.82. The molecule has 0 bridgehead atoms. The summed E-state index contributed by atoms with van der Waals surface area (Å²) < 4.78 is 11.5. The first-order valence-electron chi connectivity index (χ1n) is 3.01. The predicted molar refractivity (Wildman–Crippen MR) is 37.9 cm³/mol. The Labute approximate surface area is 57.0 Å². The van der Waals surface area contributed by atoms with Crippen LogP contribution in [0.3, 0.4) is 0 Å². The topological polar surface area (TPSA) is 3.24 Å². The van der Waals surface area contributed by atoms with Crippen LogP contribution in [0.1, 0.15) is 12.8 Å². The van der Waals surface area contributed by atoms with Crippen molar-refractivity contribution in [1.82, 2.24) is 4.81 Å². The highest BCUT2D eigenvalue weighted by molar-refractivity contribution is 6.05. The van der Waals surface area contributed by atoms with Gasteiger partial charge >= 0.3 is 0 Å². The van der Waals surface area contributed by atoms with Crippen LogP contribution in [0.25, 0.3) is 0 Å². The molecule has 9 heavy (non-hydrogen) atoms. The SMILES string of the molecule is [B]N(C=C)CCCCF. The van der Waals surface area contributed by atoms with Crippen molar-refractivity contribution in [1.29, 1.82) is 0 Å². The van der Waals surface area contributed by atoms with E-state index in [1.165, 1.54) is 11.0 Å². The Morgan fingerprint density at radius 2 is 2.22 bits per heavy atom. The second kappa shape index (κ2) is 5.67. The van der Waals surface area contributed by atoms with Crippen LogP contribution in [0.15, 0.2) is 12.8 Å². The van der Waals surface area contributed by atoms with Gasteiger partial charge in [-0.3, -0.25) is 4.39 Å². The van der Waals surface area contributed by atoms with Crippen molar-refractivity contribution in [3.05, 3.63) is 12.8 Å². The fraction of sp³-hybridized carbons (Fsp3) is 0.667. The van der Waals surface area contributed by atoms with Crippen LogP contribution in [0.2, 0.25) is 0 Å². The van der Waals surface area contributed by atoms with E-state index in [1.54, 1.807) is 0 Å². The fourth-order valence-electron chi connectivity index (χ4n) is 0.480. The number of alkyl halides is 1. The van der Waals surface area contributed by atoms with E-state index >= 15 is 0 Å². The van der Waals surface area contributed by atoms with Crippen molar-refractivity contribution >= 4 is 7.98 Å². The van der Waals surface area contributed by atoms with Crippen molar-refractivity contribution in [3.8, 4) is 0 Å². The van der Waals surface area contributed by atoms with Crippen molar-refractivity contribution in [2.45, 2.75) is 12.8 Å². The maximum Gasteiger partial charge on any atom is 0.225 e. The van der Waals surface area contributed by atoms with E-state index in [0.717, 1.165) is 6.42 Å². The fourth-order valence-corrected chi connectivity index (χ4v) is 0.480. The Hall–Kier alpha value is -0.465. The Morgan fingerprint density at radius 3 is 2.67 bits per heavy atom. The Morgan fingerprint density at radius 1 is 1.56 bits per heavy atom. The molecule has 3 heteroatoms. The molecule has 50 valence electrons. The van der Waals surface area contributed by atoms with Gasteiger partial charge in [-0.25, -0.2) is 0 Å². The van der Waals surface area contributed by atoms with Crippen molar-refractivity contribution in [2.75, 3.05) is 13.2 Å². The smallest absolute Gasteiger partial charge is 0.225 e. The van der Waals surface area contributed by atoms with Gasteiger partial charge in [-0.15, -0.1) is 0 Å². The first kappa shape index (κ1) is 8.53. The summed E-state index contributed by atoms with van der Waals surface area (Å²) in [5.74, 6) is 0. The van der Waals surface area contributed by atoms with E-state index in [9.17, 15) is 4.39 Å². The Balaban J connectivity index is 2.96. The average Bonchev–Trinajstić information content (AvgIpc) is 1.89. The minimum Gasteiger partial charge on any atom is -0.431 e. The molecule has 0 unspecified atom stereocenters. The zero-order chi connectivity index (χ0) is 7.11. The van der Waals surface area contributed by atoms with E-state index in [0.29, 0.717) is 13.0 Å². The van der Waals surface area contributed by atoms with E-state index in [1.807, 2.05) is 0 Å². The first-order chi connectivity index (χ1) is 4.31. The molecule has 1 nitrogen and oxygen atoms in total. The molecule has 0 fully saturated rings. The molecular weight excluding hydrogens is 116 g/mol. The van der Waals surface area contributed by atoms with E-state index < -0.39 is 0 Å². The average molecular weight is 127 g/mol. The summed E-state index contributed by atoms with van der Waals surface area (Å²) in [5.41, 5.74) is 0. The van der Waals surface area contributed by atoms with Crippen molar-refractivity contribution in [3.63, 3.8) is 0 Å². The van der Waals surface area contributed by atoms with Gasteiger partial charge in [-0.1, -0.05) is 6.58 Å². The number of halogens is 1. The number of unbranched alkanes of at least 4 members (excludes halogenated alkanes) is 1. The first-order valence-corrected chi connectivity index (χ1v) is 3.01. The third-order valence-corrected chi connectivity index (χ3v) is 1.03. The molecule has 0 amide bonds. The van der Waals surface area contributed by atoms with Gasteiger partial charge in [0.2, 0.25) is 7.98 Å². The summed E-state index contributed by atoms with van der Waals surface area (Å²) in [6.07, 6.45) is 2.90. The minimum absolute atomic E-state index is 0.259. The van der Waals surface area contributed by atoms with Gasteiger partial charge in [0.25, 0.3) is 0 Å². The lowest BCUT2D eigenvalue weighted by Crippen LogP contribution is -2.13. The van der Waals surface area contributed by atoms with Crippen molar-refractivity contribution in [2.24, 2.45) is 0 Å². The molecule has 0 spiro atoms. The van der Waals surface area contributed by atoms with Gasteiger partial charge in [0.05, 0.1) is 6.67 Å². The summed E-state index contributed by atoms with van der Waals surface area (Å²) in [7, 11) is 5.31. The Kier molecular flexibility index (Phi) is 5.37. The summed E-state index contributed by atoms with van der Waals surface area (Å²) in [5, 5.41) is 0. The predicted octanol–water partition coefficient (Wildman–Crippen LogP) is 1.27. The second-order valence-corrected chi connectivity index (χ2v) is 1.82. The lowest BCUT2D eigenvalue weighted by molar-refractivity contribution is 0.441. The summed E-state index contributed by atoms with van der Waals surface area (Å²) >= 11 is 0. The molecule has 2 radical (unpaired) electrons. The number of hydrogen-bond donors (Lipinski definition) is 0. The van der Waals surface area contributed by atoms with Crippen LogP contribution in [0.5, 0.6) is 0 Å². The van der Waals surface area contributed by atoms with Gasteiger partial charge in [-0.05, 0) is 19.0 Å². The molecule has 0 N–H and O–H groups in total. The zero-order valence-electron chi connectivity index (χ0n) is 5.52. The Bertz CT molecular complexity index is 77.5. The van der Waals surface area contributed by atoms with Gasteiger partial charge in [0.1, 0.15) is 0 Å². The lowest BCUT2D eigenvalue weighted by atomic mass is 10.2. The van der Waals surface area contributed by atoms with E-state index in [-0.39, 0.29) is 6.67 Å². The maximum absolute atomic E-state index is 11.5. The molecule has 0 aromatic heterocycles. The molecular formula is C6H11BFN. The highest BCUT2D eigenvalue weighted by Crippen LogP contribution is 1.91. The monoisotopic (exact) mass is 127 g/mol. The molecule has 0 aliphatic heterocycles. The molecule has 0 aromatic rings. The third kappa shape index (κ3) is 5.41. The number of nitrogens with zero attached hydrogens (tertiary/aromatic N) is 1. The summed E-state index contributed by atoms with van der Waals surface area (Å²) in [4.78, 5) is 1.45. The maximum atomic E-state index is 11.5. The summed E-state index contributed by atoms with van der Waals surface area (Å²) in [6.45, 7) is 3.88. The van der Waals surface area contributed by atoms with Crippen LogP contribution >= 0.6 is 0 Å². The van der Waals surface area contributed by atoms with Crippen molar-refractivity contribution < 1.29 is 4.39 Å². The number of hydrogen-bond acceptors (Lipinski definition) is 1. The van der Waals surface area contributed by atoms with E-state index in [2.05, 4.69) is 6.58 Å². The van der Waals surface area contributed by atoms with Crippen LogP contribution in [0.4, 0.5) is 4.39 Å². The van der Waals surface area contributed by atoms with Crippen LogP contribution in [0, 0.1) is 0 Å². The van der Waals surface area contributed by atoms with Gasteiger partial charge in [-0.2, -0.15) is 0 Å². The molecule has 0 saturated carbocycles.